The van der Waals surface area contributed by atoms with Crippen molar-refractivity contribution in [2.45, 2.75) is 71.9 Å². The Bertz CT molecular complexity index is 416. The van der Waals surface area contributed by atoms with Crippen LogP contribution in [0.3, 0.4) is 0 Å². The molecular formula is C17H29NO. The van der Waals surface area contributed by atoms with Crippen LogP contribution in [-0.4, -0.2) is 16.7 Å². The molecule has 1 unspecified atom stereocenters. The predicted octanol–water partition coefficient (Wildman–Crippen LogP) is 4.50. The van der Waals surface area contributed by atoms with Gasteiger partial charge in [0, 0.05) is 5.69 Å². The van der Waals surface area contributed by atoms with Crippen molar-refractivity contribution in [2.24, 2.45) is 0 Å². The van der Waals surface area contributed by atoms with Gasteiger partial charge in [0.1, 0.15) is 0 Å². The van der Waals surface area contributed by atoms with Crippen molar-refractivity contribution in [1.29, 1.82) is 0 Å². The van der Waals surface area contributed by atoms with Gasteiger partial charge in [0.05, 0.1) is 11.6 Å². The summed E-state index contributed by atoms with van der Waals surface area (Å²) in [7, 11) is 0. The fourth-order valence-electron chi connectivity index (χ4n) is 1.96. The number of hydrogen-bond acceptors (Lipinski definition) is 2. The van der Waals surface area contributed by atoms with E-state index in [0.717, 1.165) is 5.69 Å². The van der Waals surface area contributed by atoms with Crippen molar-refractivity contribution in [1.82, 2.24) is 0 Å². The first-order valence-corrected chi connectivity index (χ1v) is 7.25. The fourth-order valence-corrected chi connectivity index (χ4v) is 1.96. The van der Waals surface area contributed by atoms with Crippen LogP contribution in [0.2, 0.25) is 0 Å². The van der Waals surface area contributed by atoms with Crippen LogP contribution in [0, 0.1) is 0 Å². The summed E-state index contributed by atoms with van der Waals surface area (Å²) in [5, 5.41) is 13.5. The molecule has 0 heterocycles. The molecule has 0 aliphatic heterocycles. The third kappa shape index (κ3) is 4.24. The van der Waals surface area contributed by atoms with Crippen molar-refractivity contribution < 1.29 is 5.11 Å². The molecule has 108 valence electrons. The van der Waals surface area contributed by atoms with Crippen molar-refractivity contribution in [3.63, 3.8) is 0 Å². The normalized spacial score (nSPS) is 14.0. The summed E-state index contributed by atoms with van der Waals surface area (Å²) < 4.78 is 0. The molecule has 2 heteroatoms. The Morgan fingerprint density at radius 3 is 2.00 bits per heavy atom. The lowest BCUT2D eigenvalue weighted by Crippen LogP contribution is -2.39. The molecule has 19 heavy (non-hydrogen) atoms. The number of hydrogen-bond donors (Lipinski definition) is 2. The molecule has 0 saturated carbocycles. The van der Waals surface area contributed by atoms with Crippen molar-refractivity contribution >= 4 is 5.69 Å². The quantitative estimate of drug-likeness (QED) is 0.819. The van der Waals surface area contributed by atoms with E-state index in [1.807, 2.05) is 20.8 Å². The number of rotatable bonds is 5. The van der Waals surface area contributed by atoms with Gasteiger partial charge in [-0.3, -0.25) is 0 Å². The van der Waals surface area contributed by atoms with Gasteiger partial charge in [0.15, 0.2) is 0 Å². The summed E-state index contributed by atoms with van der Waals surface area (Å²) in [6.07, 6.45) is 0. The lowest BCUT2D eigenvalue weighted by Gasteiger charge is -2.29. The van der Waals surface area contributed by atoms with Gasteiger partial charge in [0.2, 0.25) is 0 Å². The topological polar surface area (TPSA) is 32.3 Å². The molecule has 1 aromatic rings. The highest BCUT2D eigenvalue weighted by molar-refractivity contribution is 5.55. The molecule has 0 aliphatic rings. The second-order valence-electron chi connectivity index (χ2n) is 6.68. The van der Waals surface area contributed by atoms with E-state index in [0.29, 0.717) is 11.8 Å². The van der Waals surface area contributed by atoms with Gasteiger partial charge in [-0.25, -0.2) is 0 Å². The maximum Gasteiger partial charge on any atom is 0.0789 e. The molecule has 0 spiro atoms. The zero-order valence-corrected chi connectivity index (χ0v) is 13.4. The van der Waals surface area contributed by atoms with Crippen LogP contribution in [0.1, 0.15) is 71.4 Å². The van der Waals surface area contributed by atoms with Crippen LogP contribution < -0.4 is 5.32 Å². The molecule has 1 atom stereocenters. The first-order valence-electron chi connectivity index (χ1n) is 7.25. The molecule has 1 aromatic carbocycles. The Hall–Kier alpha value is -1.02. The number of benzene rings is 1. The number of anilines is 1. The van der Waals surface area contributed by atoms with Crippen LogP contribution >= 0.6 is 0 Å². The summed E-state index contributed by atoms with van der Waals surface area (Å²) >= 11 is 0. The molecule has 0 saturated heterocycles. The molecule has 0 amide bonds. The molecular weight excluding hydrogens is 234 g/mol. The Morgan fingerprint density at radius 2 is 1.58 bits per heavy atom. The average Bonchev–Trinajstić information content (AvgIpc) is 2.27. The minimum atomic E-state index is -0.731. The highest BCUT2D eigenvalue weighted by Gasteiger charge is 2.23. The second-order valence-corrected chi connectivity index (χ2v) is 6.68. The third-order valence-corrected chi connectivity index (χ3v) is 3.80. The third-order valence-electron chi connectivity index (χ3n) is 3.80. The summed E-state index contributed by atoms with van der Waals surface area (Å²) in [5.41, 5.74) is 3.09. The Kier molecular flexibility index (Phi) is 5.03. The monoisotopic (exact) mass is 263 g/mol. The first-order chi connectivity index (χ1) is 8.62. The average molecular weight is 263 g/mol. The maximum absolute atomic E-state index is 10.1. The standard InChI is InChI=1S/C17H29NO/c1-11(2)14-8-9-16(15(10-14)12(3)4)18-13(5)17(6,7)19/h8-13,18-19H,1-7H3. The van der Waals surface area contributed by atoms with E-state index in [2.05, 4.69) is 51.2 Å². The molecule has 2 nitrogen and oxygen atoms in total. The Labute approximate surface area is 118 Å². The summed E-state index contributed by atoms with van der Waals surface area (Å²) in [4.78, 5) is 0. The van der Waals surface area contributed by atoms with E-state index < -0.39 is 5.60 Å². The van der Waals surface area contributed by atoms with Crippen LogP contribution in [0.4, 0.5) is 5.69 Å². The molecule has 0 aromatic heterocycles. The van der Waals surface area contributed by atoms with Crippen LogP contribution in [0.15, 0.2) is 18.2 Å². The molecule has 2 N–H and O–H groups in total. The zero-order chi connectivity index (χ0) is 14.8. The largest absolute Gasteiger partial charge is 0.388 e. The molecule has 0 radical (unpaired) electrons. The lowest BCUT2D eigenvalue weighted by atomic mass is 9.93. The second kappa shape index (κ2) is 5.96. The van der Waals surface area contributed by atoms with Gasteiger partial charge in [-0.1, -0.05) is 39.8 Å². The van der Waals surface area contributed by atoms with Crippen molar-refractivity contribution in [3.05, 3.63) is 29.3 Å². The minimum absolute atomic E-state index is 0.00917. The van der Waals surface area contributed by atoms with Crippen molar-refractivity contribution in [3.8, 4) is 0 Å². The predicted molar refractivity (Wildman–Crippen MR) is 84.0 cm³/mol. The van der Waals surface area contributed by atoms with Crippen LogP contribution in [0.25, 0.3) is 0 Å². The van der Waals surface area contributed by atoms with Gasteiger partial charge in [-0.2, -0.15) is 0 Å². The van der Waals surface area contributed by atoms with Crippen LogP contribution in [-0.2, 0) is 0 Å². The number of nitrogens with one attached hydrogen (secondary N) is 1. The van der Waals surface area contributed by atoms with Gasteiger partial charge in [0.25, 0.3) is 0 Å². The van der Waals surface area contributed by atoms with Crippen LogP contribution in [0.5, 0.6) is 0 Å². The van der Waals surface area contributed by atoms with E-state index in [9.17, 15) is 5.11 Å². The van der Waals surface area contributed by atoms with Crippen molar-refractivity contribution in [2.75, 3.05) is 5.32 Å². The maximum atomic E-state index is 10.1. The van der Waals surface area contributed by atoms with E-state index >= 15 is 0 Å². The van der Waals surface area contributed by atoms with E-state index in [-0.39, 0.29) is 6.04 Å². The lowest BCUT2D eigenvalue weighted by molar-refractivity contribution is 0.0649. The molecule has 0 bridgehead atoms. The van der Waals surface area contributed by atoms with E-state index in [1.54, 1.807) is 0 Å². The van der Waals surface area contributed by atoms with E-state index in [4.69, 9.17) is 0 Å². The SMILES string of the molecule is CC(C)c1ccc(NC(C)C(C)(C)O)c(C(C)C)c1. The summed E-state index contributed by atoms with van der Waals surface area (Å²) in [6.45, 7) is 14.5. The first kappa shape index (κ1) is 16.0. The summed E-state index contributed by atoms with van der Waals surface area (Å²) in [5.74, 6) is 1.01. The highest BCUT2D eigenvalue weighted by Crippen LogP contribution is 2.29. The van der Waals surface area contributed by atoms with Gasteiger partial charge >= 0.3 is 0 Å². The molecule has 0 fully saturated rings. The molecule has 0 aliphatic carbocycles. The van der Waals surface area contributed by atoms with E-state index in [1.165, 1.54) is 11.1 Å². The van der Waals surface area contributed by atoms with Gasteiger partial charge in [-0.05, 0) is 49.8 Å². The van der Waals surface area contributed by atoms with Gasteiger partial charge in [-0.15, -0.1) is 0 Å². The Morgan fingerprint density at radius 1 is 1.00 bits per heavy atom. The minimum Gasteiger partial charge on any atom is -0.388 e. The smallest absolute Gasteiger partial charge is 0.0789 e. The van der Waals surface area contributed by atoms with Gasteiger partial charge < -0.3 is 10.4 Å². The molecule has 1 rings (SSSR count). The zero-order valence-electron chi connectivity index (χ0n) is 13.4. The number of aliphatic hydroxyl groups is 1. The summed E-state index contributed by atoms with van der Waals surface area (Å²) in [6, 6.07) is 6.62. The Balaban J connectivity index is 3.07. The highest BCUT2D eigenvalue weighted by atomic mass is 16.3. The fraction of sp³-hybridized carbons (Fsp3) is 0.647.